The molecule has 106 valence electrons. The molecule has 1 saturated heterocycles. The van der Waals surface area contributed by atoms with Crippen molar-refractivity contribution in [3.63, 3.8) is 0 Å². The third-order valence-electron chi connectivity index (χ3n) is 3.33. The highest BCUT2D eigenvalue weighted by Gasteiger charge is 2.18. The first-order valence-electron chi connectivity index (χ1n) is 6.95. The molecule has 2 amide bonds. The molecule has 1 aliphatic rings. The quantitative estimate of drug-likeness (QED) is 0.727. The van der Waals surface area contributed by atoms with E-state index in [2.05, 4.69) is 36.4 Å². The van der Waals surface area contributed by atoms with Crippen molar-refractivity contribution in [2.24, 2.45) is 0 Å². The molecule has 2 N–H and O–H groups in total. The number of hydrogen-bond donors (Lipinski definition) is 2. The first kappa shape index (κ1) is 15.6. The summed E-state index contributed by atoms with van der Waals surface area (Å²) in [6.45, 7) is 6.39. The molecule has 0 aromatic rings. The van der Waals surface area contributed by atoms with Gasteiger partial charge in [-0.2, -0.15) is 11.8 Å². The summed E-state index contributed by atoms with van der Waals surface area (Å²) >= 11 is 1.92. The lowest BCUT2D eigenvalue weighted by Gasteiger charge is -2.29. The Bertz CT molecular complexity index is 242. The van der Waals surface area contributed by atoms with Gasteiger partial charge in [-0.25, -0.2) is 4.79 Å². The summed E-state index contributed by atoms with van der Waals surface area (Å²) in [6, 6.07) is 0.604. The molecule has 1 atom stereocenters. The standard InChI is InChI=1S/C13H27N3OS/c1-4-18-10-7-11(2)14-13(17)15-12-5-8-16(3)9-6-12/h11-12H,4-10H2,1-3H3,(H2,14,15,17). The number of carbonyl (C=O) groups excluding carboxylic acids is 1. The van der Waals surface area contributed by atoms with Crippen LogP contribution in [0.25, 0.3) is 0 Å². The maximum absolute atomic E-state index is 11.8. The van der Waals surface area contributed by atoms with Gasteiger partial charge in [-0.1, -0.05) is 6.92 Å². The van der Waals surface area contributed by atoms with E-state index in [-0.39, 0.29) is 12.1 Å². The zero-order chi connectivity index (χ0) is 13.4. The number of nitrogens with one attached hydrogen (secondary N) is 2. The van der Waals surface area contributed by atoms with Crippen LogP contribution in [0.2, 0.25) is 0 Å². The molecule has 0 radical (unpaired) electrons. The number of likely N-dealkylation sites (tertiary alicyclic amines) is 1. The molecule has 4 nitrogen and oxygen atoms in total. The number of urea groups is 1. The van der Waals surface area contributed by atoms with Crippen molar-refractivity contribution in [1.82, 2.24) is 15.5 Å². The fraction of sp³-hybridized carbons (Fsp3) is 0.923. The molecule has 0 spiro atoms. The van der Waals surface area contributed by atoms with Gasteiger partial charge in [0.1, 0.15) is 0 Å². The molecule has 0 aromatic heterocycles. The van der Waals surface area contributed by atoms with Crippen molar-refractivity contribution in [3.8, 4) is 0 Å². The zero-order valence-electron chi connectivity index (χ0n) is 11.9. The highest BCUT2D eigenvalue weighted by atomic mass is 32.2. The van der Waals surface area contributed by atoms with E-state index in [0.29, 0.717) is 6.04 Å². The van der Waals surface area contributed by atoms with Gasteiger partial charge < -0.3 is 15.5 Å². The van der Waals surface area contributed by atoms with E-state index in [0.717, 1.165) is 43.9 Å². The predicted octanol–water partition coefficient (Wildman–Crippen LogP) is 1.91. The highest BCUT2D eigenvalue weighted by Crippen LogP contribution is 2.08. The lowest BCUT2D eigenvalue weighted by Crippen LogP contribution is -2.49. The molecular weight excluding hydrogens is 246 g/mol. The van der Waals surface area contributed by atoms with E-state index in [1.54, 1.807) is 0 Å². The average molecular weight is 273 g/mol. The van der Waals surface area contributed by atoms with Crippen molar-refractivity contribution in [1.29, 1.82) is 0 Å². The highest BCUT2D eigenvalue weighted by molar-refractivity contribution is 7.99. The fourth-order valence-electron chi connectivity index (χ4n) is 2.08. The number of piperidine rings is 1. The monoisotopic (exact) mass is 273 g/mol. The van der Waals surface area contributed by atoms with Crippen molar-refractivity contribution < 1.29 is 4.79 Å². The Balaban J connectivity index is 2.12. The van der Waals surface area contributed by atoms with E-state index < -0.39 is 0 Å². The molecule has 5 heteroatoms. The molecule has 0 saturated carbocycles. The molecule has 0 aromatic carbocycles. The predicted molar refractivity (Wildman–Crippen MR) is 79.3 cm³/mol. The zero-order valence-corrected chi connectivity index (χ0v) is 12.7. The van der Waals surface area contributed by atoms with Gasteiger partial charge in [0.2, 0.25) is 0 Å². The average Bonchev–Trinajstić information content (AvgIpc) is 2.32. The Kier molecular flexibility index (Phi) is 7.51. The van der Waals surface area contributed by atoms with Crippen LogP contribution in [0.4, 0.5) is 4.79 Å². The van der Waals surface area contributed by atoms with Gasteiger partial charge in [-0.15, -0.1) is 0 Å². The molecule has 1 fully saturated rings. The largest absolute Gasteiger partial charge is 0.336 e. The van der Waals surface area contributed by atoms with Crippen LogP contribution in [-0.2, 0) is 0 Å². The van der Waals surface area contributed by atoms with Crippen LogP contribution in [0, 0.1) is 0 Å². The summed E-state index contributed by atoms with van der Waals surface area (Å²) in [6.07, 6.45) is 3.16. The number of rotatable bonds is 6. The topological polar surface area (TPSA) is 44.4 Å². The minimum absolute atomic E-state index is 0.00134. The lowest BCUT2D eigenvalue weighted by atomic mass is 10.1. The Labute approximate surface area is 115 Å². The molecule has 1 rings (SSSR count). The Morgan fingerprint density at radius 2 is 2.11 bits per heavy atom. The van der Waals surface area contributed by atoms with Crippen molar-refractivity contribution in [2.45, 2.75) is 45.2 Å². The van der Waals surface area contributed by atoms with Crippen LogP contribution < -0.4 is 10.6 Å². The van der Waals surface area contributed by atoms with Crippen molar-refractivity contribution in [3.05, 3.63) is 0 Å². The number of amides is 2. The lowest BCUT2D eigenvalue weighted by molar-refractivity contribution is 0.211. The second kappa shape index (κ2) is 8.64. The van der Waals surface area contributed by atoms with E-state index in [1.807, 2.05) is 11.8 Å². The summed E-state index contributed by atoms with van der Waals surface area (Å²) < 4.78 is 0. The number of thioether (sulfide) groups is 1. The molecule has 0 aliphatic carbocycles. The fourth-order valence-corrected chi connectivity index (χ4v) is 2.89. The number of carbonyl (C=O) groups is 1. The summed E-state index contributed by atoms with van der Waals surface area (Å²) in [5.41, 5.74) is 0. The summed E-state index contributed by atoms with van der Waals surface area (Å²) in [4.78, 5) is 14.1. The van der Waals surface area contributed by atoms with Gasteiger partial charge in [0.15, 0.2) is 0 Å². The minimum atomic E-state index is -0.00134. The molecule has 1 aliphatic heterocycles. The Morgan fingerprint density at radius 1 is 1.44 bits per heavy atom. The van der Waals surface area contributed by atoms with Crippen LogP contribution in [0.3, 0.4) is 0 Å². The van der Waals surface area contributed by atoms with Crippen molar-refractivity contribution >= 4 is 17.8 Å². The van der Waals surface area contributed by atoms with Crippen LogP contribution in [-0.4, -0.2) is 54.7 Å². The maximum atomic E-state index is 11.8. The molecule has 1 heterocycles. The van der Waals surface area contributed by atoms with E-state index in [4.69, 9.17) is 0 Å². The van der Waals surface area contributed by atoms with Gasteiger partial charge in [-0.05, 0) is 57.8 Å². The van der Waals surface area contributed by atoms with Gasteiger partial charge in [0.05, 0.1) is 0 Å². The number of nitrogens with zero attached hydrogens (tertiary/aromatic N) is 1. The van der Waals surface area contributed by atoms with Crippen molar-refractivity contribution in [2.75, 3.05) is 31.6 Å². The SMILES string of the molecule is CCSCCC(C)NC(=O)NC1CCN(C)CC1. The van der Waals surface area contributed by atoms with Gasteiger partial charge in [0.25, 0.3) is 0 Å². The molecular formula is C13H27N3OS. The Hall–Kier alpha value is -0.420. The van der Waals surface area contributed by atoms with Crippen LogP contribution in [0.1, 0.15) is 33.1 Å². The summed E-state index contributed by atoms with van der Waals surface area (Å²) in [5, 5.41) is 6.10. The maximum Gasteiger partial charge on any atom is 0.315 e. The second-order valence-corrected chi connectivity index (χ2v) is 6.48. The smallest absolute Gasteiger partial charge is 0.315 e. The van der Waals surface area contributed by atoms with E-state index in [1.165, 1.54) is 0 Å². The third kappa shape index (κ3) is 6.50. The van der Waals surface area contributed by atoms with E-state index >= 15 is 0 Å². The number of hydrogen-bond acceptors (Lipinski definition) is 3. The van der Waals surface area contributed by atoms with Gasteiger partial charge >= 0.3 is 6.03 Å². The second-order valence-electron chi connectivity index (χ2n) is 5.08. The van der Waals surface area contributed by atoms with Crippen LogP contribution in [0.15, 0.2) is 0 Å². The first-order valence-corrected chi connectivity index (χ1v) is 8.10. The Morgan fingerprint density at radius 3 is 2.72 bits per heavy atom. The van der Waals surface area contributed by atoms with Gasteiger partial charge in [0, 0.05) is 12.1 Å². The van der Waals surface area contributed by atoms with Crippen LogP contribution in [0.5, 0.6) is 0 Å². The molecule has 18 heavy (non-hydrogen) atoms. The van der Waals surface area contributed by atoms with Gasteiger partial charge in [-0.3, -0.25) is 0 Å². The third-order valence-corrected chi connectivity index (χ3v) is 4.26. The van der Waals surface area contributed by atoms with Crippen LogP contribution >= 0.6 is 11.8 Å². The molecule has 1 unspecified atom stereocenters. The summed E-state index contributed by atoms with van der Waals surface area (Å²) in [7, 11) is 2.13. The minimum Gasteiger partial charge on any atom is -0.336 e. The molecule has 0 bridgehead atoms. The summed E-state index contributed by atoms with van der Waals surface area (Å²) in [5.74, 6) is 2.26. The first-order chi connectivity index (χ1) is 8.61. The van der Waals surface area contributed by atoms with E-state index in [9.17, 15) is 4.79 Å². The normalized spacial score (nSPS) is 19.5.